The zero-order valence-electron chi connectivity index (χ0n) is 13.9. The number of ether oxygens (including phenoxy) is 2. The van der Waals surface area contributed by atoms with Crippen molar-refractivity contribution in [3.8, 4) is 0 Å². The Hall–Kier alpha value is -0.750. The van der Waals surface area contributed by atoms with Crippen LogP contribution >= 0.6 is 7.60 Å². The van der Waals surface area contributed by atoms with Crippen molar-refractivity contribution >= 4 is 7.60 Å². The number of aliphatic hydroxyl groups is 1. The zero-order valence-corrected chi connectivity index (χ0v) is 14.8. The van der Waals surface area contributed by atoms with Gasteiger partial charge in [-0.1, -0.05) is 44.2 Å². The van der Waals surface area contributed by atoms with Crippen molar-refractivity contribution in [3.05, 3.63) is 35.9 Å². The second kappa shape index (κ2) is 8.38. The van der Waals surface area contributed by atoms with Crippen LogP contribution in [0.15, 0.2) is 30.3 Å². The van der Waals surface area contributed by atoms with Crippen molar-refractivity contribution in [3.63, 3.8) is 0 Å². The number of methoxy groups -OCH3 is 1. The minimum atomic E-state index is -4.36. The summed E-state index contributed by atoms with van der Waals surface area (Å²) in [7, 11) is -3.02. The van der Waals surface area contributed by atoms with E-state index in [2.05, 4.69) is 0 Å². The van der Waals surface area contributed by atoms with Gasteiger partial charge in [-0.2, -0.15) is 0 Å². The summed E-state index contributed by atoms with van der Waals surface area (Å²) < 4.78 is 22.5. The van der Waals surface area contributed by atoms with Gasteiger partial charge in [-0.3, -0.25) is 4.57 Å². The fourth-order valence-corrected chi connectivity index (χ4v) is 4.19. The fourth-order valence-electron chi connectivity index (χ4n) is 2.84. The minimum Gasteiger partial charge on any atom is -0.376 e. The van der Waals surface area contributed by atoms with E-state index in [4.69, 9.17) is 9.47 Å². The summed E-state index contributed by atoms with van der Waals surface area (Å²) in [6.45, 7) is 3.76. The van der Waals surface area contributed by atoms with Crippen LogP contribution in [0, 0.1) is 5.41 Å². The number of hydrogen-bond acceptors (Lipinski definition) is 4. The van der Waals surface area contributed by atoms with Crippen LogP contribution in [0.25, 0.3) is 0 Å². The Morgan fingerprint density at radius 3 is 2.17 bits per heavy atom. The molecule has 7 heteroatoms. The predicted molar refractivity (Wildman–Crippen MR) is 88.0 cm³/mol. The highest BCUT2D eigenvalue weighted by Gasteiger charge is 2.52. The lowest BCUT2D eigenvalue weighted by molar-refractivity contribution is -0.270. The van der Waals surface area contributed by atoms with Crippen molar-refractivity contribution in [1.29, 1.82) is 0 Å². The van der Waals surface area contributed by atoms with Crippen LogP contribution in [0.1, 0.15) is 32.3 Å². The quantitative estimate of drug-likeness (QED) is 0.445. The van der Waals surface area contributed by atoms with Gasteiger partial charge in [0.2, 0.25) is 0 Å². The van der Waals surface area contributed by atoms with Crippen LogP contribution in [0.5, 0.6) is 0 Å². The molecule has 6 nitrogen and oxygen atoms in total. The molecule has 23 heavy (non-hydrogen) atoms. The van der Waals surface area contributed by atoms with E-state index < -0.39 is 25.0 Å². The fraction of sp³-hybridized carbons (Fsp3) is 0.625. The first-order valence-electron chi connectivity index (χ1n) is 7.65. The molecule has 3 N–H and O–H groups in total. The van der Waals surface area contributed by atoms with E-state index in [0.29, 0.717) is 13.0 Å². The molecular weight excluding hydrogens is 319 g/mol. The topological polar surface area (TPSA) is 96.2 Å². The Bertz CT molecular complexity index is 511. The standard InChI is InChI=1S/C16H27O6P/c1-4-15(13-23(18,19)20,16(17,5-2)21-3)12-22-11-14-9-7-6-8-10-14/h6-10,17H,4-5,11-13H2,1-3H3,(H2,18,19,20). The lowest BCUT2D eigenvalue weighted by atomic mass is 9.77. The van der Waals surface area contributed by atoms with Crippen LogP contribution < -0.4 is 0 Å². The van der Waals surface area contributed by atoms with E-state index in [1.54, 1.807) is 13.8 Å². The van der Waals surface area contributed by atoms with Crippen LogP contribution in [0.2, 0.25) is 0 Å². The maximum Gasteiger partial charge on any atom is 0.326 e. The molecular formula is C16H27O6P. The maximum absolute atomic E-state index is 11.6. The van der Waals surface area contributed by atoms with E-state index >= 15 is 0 Å². The Morgan fingerprint density at radius 2 is 1.74 bits per heavy atom. The zero-order chi connectivity index (χ0) is 17.6. The summed E-state index contributed by atoms with van der Waals surface area (Å²) in [5.74, 6) is -1.67. The third-order valence-electron chi connectivity index (χ3n) is 4.32. The van der Waals surface area contributed by atoms with Gasteiger partial charge in [0.1, 0.15) is 0 Å². The molecule has 0 spiro atoms. The first-order chi connectivity index (χ1) is 10.7. The number of hydrogen-bond donors (Lipinski definition) is 3. The lowest BCUT2D eigenvalue weighted by Gasteiger charge is -2.45. The number of benzene rings is 1. The van der Waals surface area contributed by atoms with Crippen LogP contribution in [0.4, 0.5) is 0 Å². The van der Waals surface area contributed by atoms with Crippen molar-refractivity contribution in [1.82, 2.24) is 0 Å². The molecule has 0 aromatic heterocycles. The molecule has 1 rings (SSSR count). The smallest absolute Gasteiger partial charge is 0.326 e. The van der Waals surface area contributed by atoms with Gasteiger partial charge in [-0.15, -0.1) is 0 Å². The Kier molecular flexibility index (Phi) is 7.39. The molecule has 2 unspecified atom stereocenters. The van der Waals surface area contributed by atoms with Crippen molar-refractivity contribution in [2.45, 2.75) is 39.1 Å². The monoisotopic (exact) mass is 346 g/mol. The van der Waals surface area contributed by atoms with Crippen LogP contribution in [-0.4, -0.2) is 40.6 Å². The molecule has 0 amide bonds. The molecule has 132 valence electrons. The molecule has 0 saturated carbocycles. The first kappa shape index (κ1) is 20.3. The van der Waals surface area contributed by atoms with Crippen LogP contribution in [-0.2, 0) is 20.6 Å². The summed E-state index contributed by atoms with van der Waals surface area (Å²) in [5, 5.41) is 10.8. The van der Waals surface area contributed by atoms with Gasteiger partial charge < -0.3 is 24.4 Å². The van der Waals surface area contributed by atoms with Crippen LogP contribution in [0.3, 0.4) is 0 Å². The molecule has 1 aromatic rings. The van der Waals surface area contributed by atoms with E-state index in [1.807, 2.05) is 30.3 Å². The summed E-state index contributed by atoms with van der Waals surface area (Å²) in [4.78, 5) is 18.9. The molecule has 0 aliphatic heterocycles. The molecule has 0 fully saturated rings. The third-order valence-corrected chi connectivity index (χ3v) is 5.34. The van der Waals surface area contributed by atoms with Gasteiger partial charge in [0.05, 0.1) is 24.8 Å². The van der Waals surface area contributed by atoms with Gasteiger partial charge >= 0.3 is 7.60 Å². The molecule has 1 aromatic carbocycles. The Labute approximate surface area is 137 Å². The lowest BCUT2D eigenvalue weighted by Crippen LogP contribution is -2.54. The highest BCUT2D eigenvalue weighted by molar-refractivity contribution is 7.51. The summed E-state index contributed by atoms with van der Waals surface area (Å²) >= 11 is 0. The van der Waals surface area contributed by atoms with Gasteiger partial charge in [0.25, 0.3) is 0 Å². The van der Waals surface area contributed by atoms with Gasteiger partial charge in [-0.05, 0) is 18.4 Å². The highest BCUT2D eigenvalue weighted by atomic mass is 31.2. The third kappa shape index (κ3) is 5.38. The molecule has 0 radical (unpaired) electrons. The summed E-state index contributed by atoms with van der Waals surface area (Å²) in [6, 6.07) is 9.48. The van der Waals surface area contributed by atoms with Crippen molar-refractivity contribution in [2.75, 3.05) is 19.9 Å². The molecule has 0 saturated heterocycles. The summed E-state index contributed by atoms with van der Waals surface area (Å²) in [6.07, 6.45) is 0.0145. The Balaban J connectivity index is 2.96. The van der Waals surface area contributed by atoms with E-state index in [1.165, 1.54) is 7.11 Å². The maximum atomic E-state index is 11.6. The van der Waals surface area contributed by atoms with E-state index in [-0.39, 0.29) is 13.0 Å². The largest absolute Gasteiger partial charge is 0.376 e. The van der Waals surface area contributed by atoms with E-state index in [9.17, 15) is 19.5 Å². The van der Waals surface area contributed by atoms with Crippen molar-refractivity contribution in [2.24, 2.45) is 5.41 Å². The van der Waals surface area contributed by atoms with E-state index in [0.717, 1.165) is 5.56 Å². The minimum absolute atomic E-state index is 0.0122. The number of rotatable bonds is 10. The predicted octanol–water partition coefficient (Wildman–Crippen LogP) is 2.52. The molecule has 0 aliphatic rings. The van der Waals surface area contributed by atoms with Crippen molar-refractivity contribution < 1.29 is 28.9 Å². The van der Waals surface area contributed by atoms with Gasteiger partial charge in [0, 0.05) is 7.11 Å². The van der Waals surface area contributed by atoms with Gasteiger partial charge in [0.15, 0.2) is 5.79 Å². The molecule has 0 aliphatic carbocycles. The first-order valence-corrected chi connectivity index (χ1v) is 9.45. The van der Waals surface area contributed by atoms with Gasteiger partial charge in [-0.25, -0.2) is 0 Å². The average molecular weight is 346 g/mol. The second-order valence-corrected chi connectivity index (χ2v) is 7.42. The molecule has 2 atom stereocenters. The molecule has 0 heterocycles. The summed E-state index contributed by atoms with van der Waals surface area (Å²) in [5.41, 5.74) is -0.240. The molecule has 0 bridgehead atoms. The normalized spacial score (nSPS) is 17.5. The SMILES string of the molecule is CCC(COCc1ccccc1)(CP(=O)(O)O)C(O)(CC)OC. The average Bonchev–Trinajstić information content (AvgIpc) is 2.52. The second-order valence-electron chi connectivity index (χ2n) is 5.78. The highest BCUT2D eigenvalue weighted by Crippen LogP contribution is 2.50. The Morgan fingerprint density at radius 1 is 1.13 bits per heavy atom.